The molecule has 0 atom stereocenters. The molecule has 1 fully saturated rings. The fourth-order valence-electron chi connectivity index (χ4n) is 1.04. The molecular formula is C8H18N2S2. The highest BCUT2D eigenvalue weighted by molar-refractivity contribution is 8.00. The molecule has 0 bridgehead atoms. The number of hydrogen-bond donors (Lipinski definition) is 0. The van der Waals surface area contributed by atoms with Gasteiger partial charge in [0.05, 0.1) is 0 Å². The maximum atomic E-state index is 2.49. The van der Waals surface area contributed by atoms with E-state index < -0.39 is 0 Å². The molecule has 1 saturated heterocycles. The molecule has 1 aliphatic heterocycles. The number of rotatable bonds is 2. The molecule has 1 heterocycles. The molecule has 12 heavy (non-hydrogen) atoms. The lowest BCUT2D eigenvalue weighted by atomic mass is 10.7. The first-order valence-electron chi connectivity index (χ1n) is 4.47. The zero-order valence-electron chi connectivity index (χ0n) is 7.95. The fraction of sp³-hybridized carbons (Fsp3) is 1.00. The van der Waals surface area contributed by atoms with Crippen LogP contribution in [0.3, 0.4) is 0 Å². The highest BCUT2D eigenvalue weighted by atomic mass is 32.2. The zero-order valence-corrected chi connectivity index (χ0v) is 9.59. The Morgan fingerprint density at radius 1 is 0.833 bits per heavy atom. The average Bonchev–Trinajstić information content (AvgIpc) is 2.05. The fourth-order valence-corrected chi connectivity index (χ4v) is 3.56. The van der Waals surface area contributed by atoms with Crippen molar-refractivity contribution >= 4 is 23.5 Å². The predicted octanol–water partition coefficient (Wildman–Crippen LogP) is 1.94. The van der Waals surface area contributed by atoms with Gasteiger partial charge in [0.2, 0.25) is 0 Å². The van der Waals surface area contributed by atoms with E-state index in [-0.39, 0.29) is 0 Å². The lowest BCUT2D eigenvalue weighted by Gasteiger charge is -2.27. The van der Waals surface area contributed by atoms with Gasteiger partial charge in [-0.2, -0.15) is 0 Å². The van der Waals surface area contributed by atoms with E-state index in [1.807, 2.05) is 23.5 Å². The van der Waals surface area contributed by atoms with Crippen LogP contribution in [0.4, 0.5) is 0 Å². The highest BCUT2D eigenvalue weighted by Gasteiger charge is 2.09. The van der Waals surface area contributed by atoms with E-state index in [9.17, 15) is 0 Å². The summed E-state index contributed by atoms with van der Waals surface area (Å²) in [6, 6.07) is 0. The second kappa shape index (κ2) is 6.13. The number of nitrogens with zero attached hydrogens (tertiary/aromatic N) is 2. The van der Waals surface area contributed by atoms with E-state index in [0.29, 0.717) is 0 Å². The van der Waals surface area contributed by atoms with Gasteiger partial charge in [0.15, 0.2) is 0 Å². The summed E-state index contributed by atoms with van der Waals surface area (Å²) < 4.78 is 0. The van der Waals surface area contributed by atoms with E-state index in [1.165, 1.54) is 36.6 Å². The lowest BCUT2D eigenvalue weighted by molar-refractivity contribution is 0.369. The van der Waals surface area contributed by atoms with Gasteiger partial charge < -0.3 is 0 Å². The van der Waals surface area contributed by atoms with E-state index in [0.717, 1.165) is 0 Å². The van der Waals surface area contributed by atoms with Gasteiger partial charge in [0.25, 0.3) is 0 Å². The van der Waals surface area contributed by atoms with Crippen molar-refractivity contribution in [2.24, 2.45) is 0 Å². The highest BCUT2D eigenvalue weighted by Crippen LogP contribution is 2.16. The predicted molar refractivity (Wildman–Crippen MR) is 59.4 cm³/mol. The van der Waals surface area contributed by atoms with Gasteiger partial charge in [0, 0.05) is 23.5 Å². The third kappa shape index (κ3) is 3.56. The summed E-state index contributed by atoms with van der Waals surface area (Å²) >= 11 is 4.07. The zero-order chi connectivity index (χ0) is 8.81. The van der Waals surface area contributed by atoms with Crippen LogP contribution >= 0.6 is 23.5 Å². The second-order valence-corrected chi connectivity index (χ2v) is 4.75. The standard InChI is InChI=1S/C8H18N2S2/c1-3-9-5-11-7-10(4-2)8-12-6-9/h3-8H2,1-2H3. The lowest BCUT2D eigenvalue weighted by Crippen LogP contribution is -2.31. The largest absolute Gasteiger partial charge is 0.285 e. The van der Waals surface area contributed by atoms with Gasteiger partial charge in [-0.3, -0.25) is 9.80 Å². The summed E-state index contributed by atoms with van der Waals surface area (Å²) in [6.07, 6.45) is 0. The summed E-state index contributed by atoms with van der Waals surface area (Å²) in [4.78, 5) is 4.98. The Morgan fingerprint density at radius 3 is 1.42 bits per heavy atom. The minimum atomic E-state index is 1.19. The minimum absolute atomic E-state index is 1.19. The van der Waals surface area contributed by atoms with Crippen LogP contribution in [0.5, 0.6) is 0 Å². The van der Waals surface area contributed by atoms with E-state index in [1.54, 1.807) is 0 Å². The summed E-state index contributed by atoms with van der Waals surface area (Å²) in [5, 5.41) is 0. The Bertz CT molecular complexity index is 99.6. The Labute approximate surface area is 84.1 Å². The van der Waals surface area contributed by atoms with Crippen LogP contribution in [0.2, 0.25) is 0 Å². The van der Waals surface area contributed by atoms with Crippen LogP contribution in [-0.2, 0) is 0 Å². The molecule has 0 aromatic carbocycles. The average molecular weight is 206 g/mol. The van der Waals surface area contributed by atoms with Gasteiger partial charge in [-0.15, -0.1) is 23.5 Å². The van der Waals surface area contributed by atoms with Crippen LogP contribution in [-0.4, -0.2) is 46.4 Å². The molecule has 0 saturated carbocycles. The van der Waals surface area contributed by atoms with Gasteiger partial charge in [-0.05, 0) is 13.1 Å². The molecule has 0 aromatic heterocycles. The van der Waals surface area contributed by atoms with Crippen LogP contribution in [0.25, 0.3) is 0 Å². The molecule has 2 nitrogen and oxygen atoms in total. The van der Waals surface area contributed by atoms with Crippen molar-refractivity contribution < 1.29 is 0 Å². The van der Waals surface area contributed by atoms with E-state index in [4.69, 9.17) is 0 Å². The van der Waals surface area contributed by atoms with Crippen LogP contribution in [0, 0.1) is 0 Å². The van der Waals surface area contributed by atoms with Crippen molar-refractivity contribution in [3.05, 3.63) is 0 Å². The maximum Gasteiger partial charge on any atom is 0.0465 e. The van der Waals surface area contributed by atoms with E-state index in [2.05, 4.69) is 23.6 Å². The SMILES string of the molecule is CCN1CSCN(CC)CSC1. The van der Waals surface area contributed by atoms with Crippen molar-refractivity contribution in [3.8, 4) is 0 Å². The Morgan fingerprint density at radius 2 is 1.17 bits per heavy atom. The summed E-state index contributed by atoms with van der Waals surface area (Å²) in [5.41, 5.74) is 0. The molecule has 0 unspecified atom stereocenters. The minimum Gasteiger partial charge on any atom is -0.285 e. The van der Waals surface area contributed by atoms with Crippen LogP contribution in [0.15, 0.2) is 0 Å². The second-order valence-electron chi connectivity index (χ2n) is 2.90. The first-order chi connectivity index (χ1) is 5.86. The number of hydrogen-bond acceptors (Lipinski definition) is 4. The molecule has 0 amide bonds. The Balaban J connectivity index is 2.24. The summed E-state index contributed by atoms with van der Waals surface area (Å²) in [5.74, 6) is 4.78. The molecule has 1 rings (SSSR count). The van der Waals surface area contributed by atoms with Crippen molar-refractivity contribution in [2.75, 3.05) is 36.6 Å². The first kappa shape index (κ1) is 10.7. The molecule has 0 spiro atoms. The Kier molecular flexibility index (Phi) is 5.47. The van der Waals surface area contributed by atoms with E-state index >= 15 is 0 Å². The van der Waals surface area contributed by atoms with Crippen LogP contribution < -0.4 is 0 Å². The Hall–Kier alpha value is 0.620. The van der Waals surface area contributed by atoms with Gasteiger partial charge >= 0.3 is 0 Å². The quantitative estimate of drug-likeness (QED) is 0.681. The molecular weight excluding hydrogens is 188 g/mol. The topological polar surface area (TPSA) is 6.48 Å². The molecule has 4 heteroatoms. The third-order valence-electron chi connectivity index (χ3n) is 1.99. The summed E-state index contributed by atoms with van der Waals surface area (Å²) in [6.45, 7) is 6.85. The van der Waals surface area contributed by atoms with Crippen molar-refractivity contribution in [1.82, 2.24) is 9.80 Å². The van der Waals surface area contributed by atoms with Gasteiger partial charge in [-0.25, -0.2) is 0 Å². The van der Waals surface area contributed by atoms with Crippen molar-refractivity contribution in [2.45, 2.75) is 13.8 Å². The van der Waals surface area contributed by atoms with Crippen LogP contribution in [0.1, 0.15) is 13.8 Å². The normalized spacial score (nSPS) is 23.5. The van der Waals surface area contributed by atoms with Crippen molar-refractivity contribution in [1.29, 1.82) is 0 Å². The molecule has 0 aliphatic carbocycles. The monoisotopic (exact) mass is 206 g/mol. The third-order valence-corrected chi connectivity index (χ3v) is 4.18. The molecule has 0 N–H and O–H groups in total. The van der Waals surface area contributed by atoms with Gasteiger partial charge in [0.1, 0.15) is 0 Å². The maximum absolute atomic E-state index is 2.49. The smallest absolute Gasteiger partial charge is 0.0465 e. The molecule has 0 aromatic rings. The number of thioether (sulfide) groups is 2. The molecule has 1 aliphatic rings. The molecule has 72 valence electrons. The van der Waals surface area contributed by atoms with Gasteiger partial charge in [-0.1, -0.05) is 13.8 Å². The first-order valence-corrected chi connectivity index (χ1v) is 6.78. The van der Waals surface area contributed by atoms with Crippen molar-refractivity contribution in [3.63, 3.8) is 0 Å². The molecule has 0 radical (unpaired) electrons. The summed E-state index contributed by atoms with van der Waals surface area (Å²) in [7, 11) is 0.